The van der Waals surface area contributed by atoms with Crippen LogP contribution >= 0.6 is 0 Å². The van der Waals surface area contributed by atoms with Gasteiger partial charge in [0.15, 0.2) is 8.32 Å². The molecular formula is C12H20FNOSi. The molecule has 0 aliphatic carbocycles. The van der Waals surface area contributed by atoms with E-state index < -0.39 is 14.3 Å². The summed E-state index contributed by atoms with van der Waals surface area (Å²) in [6.07, 6.45) is 0. The molecule has 0 radical (unpaired) electrons. The van der Waals surface area contributed by atoms with E-state index in [1.807, 2.05) is 0 Å². The molecule has 0 aromatic carbocycles. The van der Waals surface area contributed by atoms with Crippen molar-refractivity contribution in [1.82, 2.24) is 4.98 Å². The summed E-state index contributed by atoms with van der Waals surface area (Å²) in [5.74, 6) is -0.448. The molecule has 90 valence electrons. The lowest BCUT2D eigenvalue weighted by molar-refractivity contribution is 0.270. The second-order valence-corrected chi connectivity index (χ2v) is 10.3. The van der Waals surface area contributed by atoms with Crippen LogP contribution in [-0.2, 0) is 11.0 Å². The number of hydrogen-bond acceptors (Lipinski definition) is 2. The maximum Gasteiger partial charge on any atom is 0.213 e. The standard InChI is InChI=1S/C12H20FNOSi/c1-12(2,3)16(4,5)15-9-10-7-6-8-11(13)14-10/h6-8H,9H2,1-5H3. The molecule has 0 bridgehead atoms. The third-order valence-electron chi connectivity index (χ3n) is 3.16. The summed E-state index contributed by atoms with van der Waals surface area (Å²) in [5.41, 5.74) is 0.657. The van der Waals surface area contributed by atoms with Crippen LogP contribution in [-0.4, -0.2) is 13.3 Å². The van der Waals surface area contributed by atoms with Gasteiger partial charge in [0, 0.05) is 0 Å². The monoisotopic (exact) mass is 241 g/mol. The van der Waals surface area contributed by atoms with E-state index in [9.17, 15) is 4.39 Å². The Morgan fingerprint density at radius 1 is 1.31 bits per heavy atom. The molecule has 0 amide bonds. The van der Waals surface area contributed by atoms with E-state index in [1.165, 1.54) is 6.07 Å². The summed E-state index contributed by atoms with van der Waals surface area (Å²) >= 11 is 0. The van der Waals surface area contributed by atoms with Crippen molar-refractivity contribution in [2.75, 3.05) is 0 Å². The highest BCUT2D eigenvalue weighted by atomic mass is 28.4. The summed E-state index contributed by atoms with van der Waals surface area (Å²) in [6.45, 7) is 11.3. The van der Waals surface area contributed by atoms with Crippen LogP contribution in [0.25, 0.3) is 0 Å². The van der Waals surface area contributed by atoms with Crippen LogP contribution < -0.4 is 0 Å². The first-order valence-corrected chi connectivity index (χ1v) is 8.38. The van der Waals surface area contributed by atoms with Crippen LogP contribution in [0.5, 0.6) is 0 Å². The first-order valence-electron chi connectivity index (χ1n) is 5.48. The third kappa shape index (κ3) is 3.38. The Balaban J connectivity index is 2.65. The zero-order valence-electron chi connectivity index (χ0n) is 10.7. The van der Waals surface area contributed by atoms with E-state index in [1.54, 1.807) is 12.1 Å². The van der Waals surface area contributed by atoms with E-state index in [4.69, 9.17) is 4.43 Å². The summed E-state index contributed by atoms with van der Waals surface area (Å²) in [5, 5.41) is 0.167. The molecule has 1 rings (SSSR count). The Labute approximate surface area is 98.0 Å². The van der Waals surface area contributed by atoms with Crippen molar-refractivity contribution in [3.8, 4) is 0 Å². The fraction of sp³-hybridized carbons (Fsp3) is 0.583. The van der Waals surface area contributed by atoms with Gasteiger partial charge in [0.1, 0.15) is 0 Å². The molecule has 2 nitrogen and oxygen atoms in total. The van der Waals surface area contributed by atoms with Gasteiger partial charge >= 0.3 is 0 Å². The fourth-order valence-corrected chi connectivity index (χ4v) is 1.94. The molecule has 0 unspecified atom stereocenters. The lowest BCUT2D eigenvalue weighted by Gasteiger charge is -2.36. The van der Waals surface area contributed by atoms with Crippen molar-refractivity contribution >= 4 is 8.32 Å². The molecule has 4 heteroatoms. The van der Waals surface area contributed by atoms with E-state index in [0.717, 1.165) is 0 Å². The maximum absolute atomic E-state index is 12.9. The highest BCUT2D eigenvalue weighted by Gasteiger charge is 2.37. The van der Waals surface area contributed by atoms with Crippen molar-refractivity contribution in [2.45, 2.75) is 45.5 Å². The molecule has 1 heterocycles. The van der Waals surface area contributed by atoms with Gasteiger partial charge in [-0.15, -0.1) is 0 Å². The number of rotatable bonds is 3. The number of hydrogen-bond donors (Lipinski definition) is 0. The lowest BCUT2D eigenvalue weighted by Crippen LogP contribution is -2.40. The molecule has 0 fully saturated rings. The van der Waals surface area contributed by atoms with Crippen molar-refractivity contribution in [1.29, 1.82) is 0 Å². The number of pyridine rings is 1. The first kappa shape index (κ1) is 13.3. The predicted octanol–water partition coefficient (Wildman–Crippen LogP) is 3.74. The molecule has 0 aliphatic rings. The summed E-state index contributed by atoms with van der Waals surface area (Å²) < 4.78 is 18.8. The molecular weight excluding hydrogens is 221 g/mol. The fourth-order valence-electron chi connectivity index (χ4n) is 1.00. The van der Waals surface area contributed by atoms with E-state index >= 15 is 0 Å². The van der Waals surface area contributed by atoms with Crippen LogP contribution in [0.1, 0.15) is 26.5 Å². The quantitative estimate of drug-likeness (QED) is 0.594. The first-order chi connectivity index (χ1) is 7.22. The summed E-state index contributed by atoms with van der Waals surface area (Å²) in [6, 6.07) is 4.79. The van der Waals surface area contributed by atoms with Gasteiger partial charge in [0.2, 0.25) is 5.95 Å². The van der Waals surface area contributed by atoms with Gasteiger partial charge in [-0.2, -0.15) is 4.39 Å². The highest BCUT2D eigenvalue weighted by Crippen LogP contribution is 2.36. The van der Waals surface area contributed by atoms with Gasteiger partial charge in [-0.25, -0.2) is 4.98 Å². The van der Waals surface area contributed by atoms with Crippen LogP contribution in [0, 0.1) is 5.95 Å². The molecule has 0 saturated heterocycles. The molecule has 0 spiro atoms. The van der Waals surface area contributed by atoms with Gasteiger partial charge in [0.05, 0.1) is 12.3 Å². The van der Waals surface area contributed by atoms with Crippen molar-refractivity contribution < 1.29 is 8.82 Å². The second kappa shape index (κ2) is 4.63. The zero-order chi connectivity index (χ0) is 12.4. The lowest BCUT2D eigenvalue weighted by atomic mass is 10.2. The van der Waals surface area contributed by atoms with Crippen LogP contribution in [0.4, 0.5) is 4.39 Å². The molecule has 0 saturated carbocycles. The predicted molar refractivity (Wildman–Crippen MR) is 66.2 cm³/mol. The van der Waals surface area contributed by atoms with E-state index in [-0.39, 0.29) is 5.04 Å². The van der Waals surface area contributed by atoms with Crippen LogP contribution in [0.2, 0.25) is 18.1 Å². The van der Waals surface area contributed by atoms with Gasteiger partial charge in [-0.3, -0.25) is 0 Å². The number of aromatic nitrogens is 1. The second-order valence-electron chi connectivity index (χ2n) is 5.50. The third-order valence-corrected chi connectivity index (χ3v) is 7.64. The largest absolute Gasteiger partial charge is 0.411 e. The molecule has 0 aliphatic heterocycles. The average molecular weight is 241 g/mol. The minimum absolute atomic E-state index is 0.167. The SMILES string of the molecule is CC(C)(C)[Si](C)(C)OCc1cccc(F)n1. The van der Waals surface area contributed by atoms with Gasteiger partial charge in [0.25, 0.3) is 0 Å². The maximum atomic E-state index is 12.9. The van der Waals surface area contributed by atoms with E-state index in [0.29, 0.717) is 12.3 Å². The Hall–Kier alpha value is -0.743. The Kier molecular flexibility index (Phi) is 3.86. The molecule has 0 atom stereocenters. The molecule has 0 N–H and O–H groups in total. The molecule has 1 aromatic rings. The Morgan fingerprint density at radius 2 is 1.94 bits per heavy atom. The van der Waals surface area contributed by atoms with Gasteiger partial charge in [-0.1, -0.05) is 26.8 Å². The van der Waals surface area contributed by atoms with Gasteiger partial charge in [-0.05, 0) is 30.3 Å². The zero-order valence-corrected chi connectivity index (χ0v) is 11.7. The normalized spacial score (nSPS) is 12.9. The number of nitrogens with zero attached hydrogens (tertiary/aromatic N) is 1. The minimum Gasteiger partial charge on any atom is -0.411 e. The van der Waals surface area contributed by atoms with Crippen molar-refractivity contribution in [2.24, 2.45) is 0 Å². The Bertz CT molecular complexity index is 360. The van der Waals surface area contributed by atoms with Crippen LogP contribution in [0.3, 0.4) is 0 Å². The van der Waals surface area contributed by atoms with Gasteiger partial charge < -0.3 is 4.43 Å². The summed E-state index contributed by atoms with van der Waals surface area (Å²) in [7, 11) is -1.77. The molecule has 16 heavy (non-hydrogen) atoms. The summed E-state index contributed by atoms with van der Waals surface area (Å²) in [4.78, 5) is 3.79. The highest BCUT2D eigenvalue weighted by molar-refractivity contribution is 6.74. The minimum atomic E-state index is -1.77. The molecule has 1 aromatic heterocycles. The smallest absolute Gasteiger partial charge is 0.213 e. The number of halogens is 1. The van der Waals surface area contributed by atoms with Crippen molar-refractivity contribution in [3.63, 3.8) is 0 Å². The average Bonchev–Trinajstić information content (AvgIpc) is 2.13. The van der Waals surface area contributed by atoms with E-state index in [2.05, 4.69) is 38.8 Å². The topological polar surface area (TPSA) is 22.1 Å². The van der Waals surface area contributed by atoms with Crippen molar-refractivity contribution in [3.05, 3.63) is 29.8 Å². The van der Waals surface area contributed by atoms with Crippen LogP contribution in [0.15, 0.2) is 18.2 Å². The Morgan fingerprint density at radius 3 is 2.44 bits per heavy atom.